The first-order valence-corrected chi connectivity index (χ1v) is 11.5. The Kier molecular flexibility index (Phi) is 8.27. The van der Waals surface area contributed by atoms with Crippen LogP contribution in [0.2, 0.25) is 0 Å². The van der Waals surface area contributed by atoms with E-state index in [1.54, 1.807) is 20.8 Å². The number of ketones is 1. The zero-order chi connectivity index (χ0) is 25.6. The Balaban J connectivity index is 0.000000371. The van der Waals surface area contributed by atoms with Crippen molar-refractivity contribution in [3.8, 4) is 0 Å². The minimum Gasteiger partial charge on any atom is -0.461 e. The number of fused-ring (bicyclic) bond motifs is 1. The number of amides is 1. The van der Waals surface area contributed by atoms with Gasteiger partial charge >= 0.3 is 18.0 Å². The lowest BCUT2D eigenvalue weighted by Gasteiger charge is -2.16. The molecule has 1 amide bonds. The fourth-order valence-electron chi connectivity index (χ4n) is 4.25. The van der Waals surface area contributed by atoms with Gasteiger partial charge in [-0.25, -0.2) is 4.79 Å². The number of nitrogens with two attached hydrogens (primary N) is 1. The van der Waals surface area contributed by atoms with E-state index in [2.05, 4.69) is 4.74 Å². The van der Waals surface area contributed by atoms with Crippen LogP contribution in [0.1, 0.15) is 38.3 Å². The molecule has 0 aliphatic heterocycles. The molecule has 2 fully saturated rings. The zero-order valence-corrected chi connectivity index (χ0v) is 20.1. The molecule has 35 heavy (non-hydrogen) atoms. The normalized spacial score (nSPS) is 22.2. The third kappa shape index (κ3) is 7.40. The van der Waals surface area contributed by atoms with E-state index >= 15 is 0 Å². The molecule has 0 saturated heterocycles. The number of esters is 2. The molecule has 4 rings (SSSR count). The van der Waals surface area contributed by atoms with Crippen LogP contribution in [0.5, 0.6) is 0 Å². The monoisotopic (exact) mass is 481 g/mol. The lowest BCUT2D eigenvalue weighted by atomic mass is 9.99. The van der Waals surface area contributed by atoms with Gasteiger partial charge in [0.05, 0.1) is 11.8 Å². The molecule has 4 unspecified atom stereocenters. The second-order valence-corrected chi connectivity index (χ2v) is 9.63. The quantitative estimate of drug-likeness (QED) is 0.492. The molecule has 8 nitrogen and oxygen atoms in total. The second kappa shape index (κ2) is 11.2. The predicted molar refractivity (Wildman–Crippen MR) is 126 cm³/mol. The highest BCUT2D eigenvalue weighted by Gasteiger charge is 2.68. The van der Waals surface area contributed by atoms with Crippen LogP contribution >= 0.6 is 0 Å². The van der Waals surface area contributed by atoms with Crippen molar-refractivity contribution < 1.29 is 33.4 Å². The number of hydrogen-bond donors (Lipinski definition) is 1. The van der Waals surface area contributed by atoms with Crippen LogP contribution in [0.4, 0.5) is 4.79 Å². The number of carbonyl (C=O) groups excluding carboxylic acids is 4. The van der Waals surface area contributed by atoms with Crippen LogP contribution in [0, 0.1) is 23.7 Å². The standard InChI is InChI=1S/C22H20O5.C5H11NO2/c23-17-11-16(21(24)26-12-14-7-3-1-4-8-14)18-19(17)20(18)22(25)27-13-15-9-5-2-6-10-15;1-5(2,3)8-4(6)7/h1-10,16,18-20H,11-13H2;1-3H3,(H2,6,7). The van der Waals surface area contributed by atoms with Gasteiger partial charge in [0, 0.05) is 12.3 Å². The van der Waals surface area contributed by atoms with Crippen molar-refractivity contribution in [1.29, 1.82) is 0 Å². The lowest BCUT2D eigenvalue weighted by molar-refractivity contribution is -0.153. The summed E-state index contributed by atoms with van der Waals surface area (Å²) in [7, 11) is 0. The van der Waals surface area contributed by atoms with Gasteiger partial charge in [-0.05, 0) is 37.8 Å². The summed E-state index contributed by atoms with van der Waals surface area (Å²) in [6.07, 6.45) is -0.566. The average molecular weight is 482 g/mol. The molecule has 2 aromatic carbocycles. The summed E-state index contributed by atoms with van der Waals surface area (Å²) in [5.41, 5.74) is 6.05. The van der Waals surface area contributed by atoms with E-state index in [-0.39, 0.29) is 37.3 Å². The number of primary amides is 1. The Morgan fingerprint density at radius 1 is 0.857 bits per heavy atom. The minimum absolute atomic E-state index is 0.0386. The van der Waals surface area contributed by atoms with E-state index in [1.165, 1.54) is 0 Å². The summed E-state index contributed by atoms with van der Waals surface area (Å²) in [6, 6.07) is 18.8. The Hall–Kier alpha value is -3.68. The zero-order valence-electron chi connectivity index (χ0n) is 20.1. The van der Waals surface area contributed by atoms with Gasteiger partial charge in [-0.2, -0.15) is 0 Å². The number of hydrogen-bond acceptors (Lipinski definition) is 7. The number of carbonyl (C=O) groups is 4. The summed E-state index contributed by atoms with van der Waals surface area (Å²) in [6.45, 7) is 5.63. The molecule has 0 heterocycles. The maximum atomic E-state index is 12.4. The van der Waals surface area contributed by atoms with E-state index in [0.717, 1.165) is 11.1 Å². The number of benzene rings is 2. The topological polar surface area (TPSA) is 122 Å². The van der Waals surface area contributed by atoms with Gasteiger partial charge in [-0.3, -0.25) is 14.4 Å². The summed E-state index contributed by atoms with van der Waals surface area (Å²) in [5, 5.41) is 0. The molecular formula is C27H31NO7. The van der Waals surface area contributed by atoms with Crippen molar-refractivity contribution in [2.24, 2.45) is 29.4 Å². The van der Waals surface area contributed by atoms with Gasteiger partial charge in [0.1, 0.15) is 24.6 Å². The molecule has 2 aliphatic carbocycles. The van der Waals surface area contributed by atoms with E-state index in [1.807, 2.05) is 60.7 Å². The first kappa shape index (κ1) is 25.9. The molecule has 0 bridgehead atoms. The largest absolute Gasteiger partial charge is 0.461 e. The van der Waals surface area contributed by atoms with Crippen LogP contribution in [0.15, 0.2) is 60.7 Å². The molecule has 186 valence electrons. The molecule has 8 heteroatoms. The molecule has 4 atom stereocenters. The fraction of sp³-hybridized carbons (Fsp3) is 0.407. The Labute approximate surface area is 204 Å². The van der Waals surface area contributed by atoms with Crippen molar-refractivity contribution in [2.75, 3.05) is 0 Å². The van der Waals surface area contributed by atoms with Crippen LogP contribution in [0.3, 0.4) is 0 Å². The van der Waals surface area contributed by atoms with Gasteiger partial charge in [0.25, 0.3) is 0 Å². The van der Waals surface area contributed by atoms with E-state index in [4.69, 9.17) is 15.2 Å². The van der Waals surface area contributed by atoms with Crippen LogP contribution < -0.4 is 5.73 Å². The fourth-order valence-corrected chi connectivity index (χ4v) is 4.25. The molecule has 0 aromatic heterocycles. The lowest BCUT2D eigenvalue weighted by Crippen LogP contribution is -2.27. The van der Waals surface area contributed by atoms with Crippen LogP contribution in [-0.4, -0.2) is 29.4 Å². The van der Waals surface area contributed by atoms with Gasteiger partial charge in [0.2, 0.25) is 0 Å². The van der Waals surface area contributed by atoms with Gasteiger partial charge in [-0.1, -0.05) is 60.7 Å². The third-order valence-electron chi connectivity index (χ3n) is 5.76. The van der Waals surface area contributed by atoms with Gasteiger partial charge < -0.3 is 19.9 Å². The maximum absolute atomic E-state index is 12.4. The van der Waals surface area contributed by atoms with Crippen LogP contribution in [0.25, 0.3) is 0 Å². The number of rotatable bonds is 6. The number of ether oxygens (including phenoxy) is 3. The summed E-state index contributed by atoms with van der Waals surface area (Å²) in [4.78, 5) is 47.0. The van der Waals surface area contributed by atoms with E-state index in [9.17, 15) is 19.2 Å². The highest BCUT2D eigenvalue weighted by atomic mass is 16.6. The minimum atomic E-state index is -0.725. The Morgan fingerprint density at radius 3 is 1.77 bits per heavy atom. The predicted octanol–water partition coefficient (Wildman–Crippen LogP) is 3.80. The smallest absolute Gasteiger partial charge is 0.405 e. The molecule has 0 radical (unpaired) electrons. The molecule has 2 N–H and O–H groups in total. The third-order valence-corrected chi connectivity index (χ3v) is 5.76. The SMILES string of the molecule is CC(C)(C)OC(N)=O.O=C(OCc1ccccc1)C1CC(=O)C2C(C(=O)OCc3ccccc3)C12. The maximum Gasteiger partial charge on any atom is 0.405 e. The van der Waals surface area contributed by atoms with Crippen molar-refractivity contribution in [3.63, 3.8) is 0 Å². The first-order valence-electron chi connectivity index (χ1n) is 11.5. The van der Waals surface area contributed by atoms with Crippen molar-refractivity contribution in [3.05, 3.63) is 71.8 Å². The van der Waals surface area contributed by atoms with Gasteiger partial charge in [0.15, 0.2) is 0 Å². The summed E-state index contributed by atoms with van der Waals surface area (Å²) < 4.78 is 15.3. The highest BCUT2D eigenvalue weighted by molar-refractivity contribution is 5.99. The van der Waals surface area contributed by atoms with E-state index in [0.29, 0.717) is 0 Å². The van der Waals surface area contributed by atoms with E-state index < -0.39 is 35.5 Å². The van der Waals surface area contributed by atoms with Crippen LogP contribution in [-0.2, 0) is 41.8 Å². The van der Waals surface area contributed by atoms with Crippen molar-refractivity contribution in [2.45, 2.75) is 46.0 Å². The molecule has 2 saturated carbocycles. The van der Waals surface area contributed by atoms with Gasteiger partial charge in [-0.15, -0.1) is 0 Å². The molecular weight excluding hydrogens is 450 g/mol. The molecule has 2 aliphatic rings. The molecule has 0 spiro atoms. The Bertz CT molecular complexity index is 1050. The van der Waals surface area contributed by atoms with Crippen molar-refractivity contribution in [1.82, 2.24) is 0 Å². The molecule has 2 aromatic rings. The highest BCUT2D eigenvalue weighted by Crippen LogP contribution is 2.59. The Morgan fingerprint density at radius 2 is 1.34 bits per heavy atom. The summed E-state index contributed by atoms with van der Waals surface area (Å²) in [5.74, 6) is -2.56. The number of Topliss-reactive ketones (excluding diaryl/α,β-unsaturated/α-hetero) is 1. The van der Waals surface area contributed by atoms with Crippen molar-refractivity contribution >= 4 is 23.8 Å². The average Bonchev–Trinajstić information content (AvgIpc) is 3.46. The summed E-state index contributed by atoms with van der Waals surface area (Å²) >= 11 is 0. The second-order valence-electron chi connectivity index (χ2n) is 9.63. The first-order chi connectivity index (χ1) is 16.6.